The van der Waals surface area contributed by atoms with Crippen LogP contribution in [0.2, 0.25) is 5.02 Å². The van der Waals surface area contributed by atoms with Crippen LogP contribution in [0, 0.1) is 5.82 Å². The van der Waals surface area contributed by atoms with Crippen molar-refractivity contribution < 1.29 is 27.4 Å². The zero-order chi connectivity index (χ0) is 21.0. The van der Waals surface area contributed by atoms with Gasteiger partial charge >= 0.3 is 6.18 Å². The van der Waals surface area contributed by atoms with E-state index in [2.05, 4.69) is 0 Å². The Morgan fingerprint density at radius 2 is 1.79 bits per heavy atom. The van der Waals surface area contributed by atoms with E-state index >= 15 is 0 Å². The molecule has 0 aromatic heterocycles. The maximum atomic E-state index is 13.0. The van der Waals surface area contributed by atoms with Gasteiger partial charge in [-0.15, -0.1) is 0 Å². The van der Waals surface area contributed by atoms with Crippen LogP contribution in [0.5, 0.6) is 5.75 Å². The Kier molecular flexibility index (Phi) is 6.87. The minimum atomic E-state index is -4.37. The van der Waals surface area contributed by atoms with E-state index in [0.717, 1.165) is 18.2 Å². The number of anilines is 1. The highest BCUT2D eigenvalue weighted by Crippen LogP contribution is 2.32. The molecule has 0 bridgehead atoms. The highest BCUT2D eigenvalue weighted by atomic mass is 35.5. The van der Waals surface area contributed by atoms with Crippen LogP contribution in [0.15, 0.2) is 42.5 Å². The smallest absolute Gasteiger partial charge is 0.416 e. The lowest BCUT2D eigenvalue weighted by molar-refractivity contribution is -0.137. The van der Waals surface area contributed by atoms with E-state index in [1.165, 1.54) is 18.2 Å². The molecule has 1 N–H and O–H groups in total. The first-order valence-corrected chi connectivity index (χ1v) is 9.50. The highest BCUT2D eigenvalue weighted by Gasteiger charge is 2.31. The molecule has 1 fully saturated rings. The molecule has 2 aromatic carbocycles. The third kappa shape index (κ3) is 5.98. The van der Waals surface area contributed by atoms with Crippen LogP contribution in [0.25, 0.3) is 0 Å². The molecule has 0 radical (unpaired) electrons. The first kappa shape index (κ1) is 21.7. The first-order valence-electron chi connectivity index (χ1n) is 9.13. The maximum absolute atomic E-state index is 13.0. The molecular formula is C20H21ClF4N2O2. The van der Waals surface area contributed by atoms with Gasteiger partial charge in [-0.3, -0.25) is 4.90 Å². The molecule has 0 amide bonds. The summed E-state index contributed by atoms with van der Waals surface area (Å²) in [5.41, 5.74) is -0.126. The Morgan fingerprint density at radius 1 is 1.07 bits per heavy atom. The summed E-state index contributed by atoms with van der Waals surface area (Å²) in [7, 11) is 0. The molecule has 0 spiro atoms. The molecule has 158 valence electrons. The van der Waals surface area contributed by atoms with Crippen molar-refractivity contribution in [3.05, 3.63) is 58.9 Å². The van der Waals surface area contributed by atoms with Crippen LogP contribution in [-0.4, -0.2) is 55.4 Å². The van der Waals surface area contributed by atoms with Crippen molar-refractivity contribution in [3.8, 4) is 5.75 Å². The van der Waals surface area contributed by atoms with Gasteiger partial charge in [0.2, 0.25) is 0 Å². The second-order valence-electron chi connectivity index (χ2n) is 6.88. The summed E-state index contributed by atoms with van der Waals surface area (Å²) in [5.74, 6) is -0.178. The van der Waals surface area contributed by atoms with Gasteiger partial charge in [-0.05, 0) is 36.4 Å². The molecule has 0 saturated carbocycles. The number of aliphatic hydroxyl groups excluding tert-OH is 1. The summed E-state index contributed by atoms with van der Waals surface area (Å²) in [6.07, 6.45) is -5.15. The normalized spacial score (nSPS) is 16.7. The number of alkyl halides is 3. The van der Waals surface area contributed by atoms with Crippen LogP contribution in [0.4, 0.5) is 23.2 Å². The molecule has 29 heavy (non-hydrogen) atoms. The quantitative estimate of drug-likeness (QED) is 0.698. The van der Waals surface area contributed by atoms with Gasteiger partial charge in [0, 0.05) is 38.4 Å². The number of rotatable bonds is 6. The van der Waals surface area contributed by atoms with Gasteiger partial charge in [0.15, 0.2) is 0 Å². The Labute approximate surface area is 171 Å². The lowest BCUT2D eigenvalue weighted by atomic mass is 10.1. The average Bonchev–Trinajstić information content (AvgIpc) is 2.67. The average molecular weight is 433 g/mol. The van der Waals surface area contributed by atoms with E-state index < -0.39 is 23.7 Å². The second-order valence-corrected chi connectivity index (χ2v) is 7.28. The topological polar surface area (TPSA) is 35.9 Å². The Hall–Kier alpha value is -2.03. The molecule has 1 atom stereocenters. The number of hydrogen-bond acceptors (Lipinski definition) is 4. The number of ether oxygens (including phenoxy) is 1. The van der Waals surface area contributed by atoms with E-state index in [1.807, 2.05) is 9.80 Å². The molecule has 1 unspecified atom stereocenters. The maximum Gasteiger partial charge on any atom is 0.416 e. The summed E-state index contributed by atoms with van der Waals surface area (Å²) in [6, 6.07) is 9.05. The van der Waals surface area contributed by atoms with Gasteiger partial charge in [0.05, 0.1) is 10.6 Å². The largest absolute Gasteiger partial charge is 0.489 e. The summed E-state index contributed by atoms with van der Waals surface area (Å²) in [6.45, 7) is 2.67. The lowest BCUT2D eigenvalue weighted by Gasteiger charge is -2.37. The van der Waals surface area contributed by atoms with Gasteiger partial charge in [0.1, 0.15) is 24.3 Å². The zero-order valence-corrected chi connectivity index (χ0v) is 16.3. The fourth-order valence-electron chi connectivity index (χ4n) is 3.20. The van der Waals surface area contributed by atoms with Gasteiger partial charge in [-0.2, -0.15) is 13.2 Å². The molecule has 1 aliphatic rings. The van der Waals surface area contributed by atoms with Gasteiger partial charge in [0.25, 0.3) is 0 Å². The Morgan fingerprint density at radius 3 is 2.45 bits per heavy atom. The third-order valence-electron chi connectivity index (χ3n) is 4.71. The lowest BCUT2D eigenvalue weighted by Crippen LogP contribution is -2.49. The third-order valence-corrected chi connectivity index (χ3v) is 5.00. The second kappa shape index (κ2) is 9.19. The van der Waals surface area contributed by atoms with Crippen LogP contribution < -0.4 is 9.64 Å². The number of hydrogen-bond donors (Lipinski definition) is 1. The van der Waals surface area contributed by atoms with Crippen LogP contribution >= 0.6 is 11.6 Å². The molecule has 1 saturated heterocycles. The van der Waals surface area contributed by atoms with Crippen LogP contribution in [-0.2, 0) is 6.18 Å². The zero-order valence-electron chi connectivity index (χ0n) is 15.5. The van der Waals surface area contributed by atoms with E-state index in [-0.39, 0.29) is 11.6 Å². The summed E-state index contributed by atoms with van der Waals surface area (Å²) in [4.78, 5) is 3.91. The summed E-state index contributed by atoms with van der Waals surface area (Å²) in [5, 5.41) is 10.3. The number of benzene rings is 2. The van der Waals surface area contributed by atoms with Crippen molar-refractivity contribution >= 4 is 17.3 Å². The predicted octanol–water partition coefficient (Wildman–Crippen LogP) is 4.06. The van der Waals surface area contributed by atoms with E-state index in [1.54, 1.807) is 6.07 Å². The molecule has 1 heterocycles. The van der Waals surface area contributed by atoms with Crippen molar-refractivity contribution in [1.82, 2.24) is 4.90 Å². The summed E-state index contributed by atoms with van der Waals surface area (Å²) >= 11 is 5.89. The molecule has 4 nitrogen and oxygen atoms in total. The van der Waals surface area contributed by atoms with Crippen molar-refractivity contribution in [2.24, 2.45) is 0 Å². The minimum Gasteiger partial charge on any atom is -0.489 e. The number of nitrogens with zero attached hydrogens (tertiary/aromatic N) is 2. The van der Waals surface area contributed by atoms with E-state index in [4.69, 9.17) is 16.3 Å². The molecular weight excluding hydrogens is 412 g/mol. The van der Waals surface area contributed by atoms with Gasteiger partial charge in [-0.1, -0.05) is 17.7 Å². The number of piperazine rings is 1. The van der Waals surface area contributed by atoms with E-state index in [9.17, 15) is 22.7 Å². The standard InChI is InChI=1S/C20H21ClF4N2O2/c21-18-11-15(22)4-5-19(18)29-13-17(28)12-26-6-8-27(9-7-26)16-3-1-2-14(10-16)20(23,24)25/h1-5,10-11,17,28H,6-9,12-13H2. The number of β-amino-alcohol motifs (C(OH)–C–C–N with tert-alkyl or cyclic N) is 1. The van der Waals surface area contributed by atoms with Crippen molar-refractivity contribution in [2.45, 2.75) is 12.3 Å². The summed E-state index contributed by atoms with van der Waals surface area (Å²) < 4.78 is 57.1. The molecule has 3 rings (SSSR count). The fourth-order valence-corrected chi connectivity index (χ4v) is 3.42. The Bertz CT molecular complexity index is 826. The van der Waals surface area contributed by atoms with E-state index in [0.29, 0.717) is 44.2 Å². The van der Waals surface area contributed by atoms with Crippen molar-refractivity contribution in [3.63, 3.8) is 0 Å². The number of halogens is 5. The fraction of sp³-hybridized carbons (Fsp3) is 0.400. The first-order chi connectivity index (χ1) is 13.7. The minimum absolute atomic E-state index is 0.000799. The molecule has 0 aliphatic carbocycles. The van der Waals surface area contributed by atoms with Gasteiger partial charge in [-0.25, -0.2) is 4.39 Å². The van der Waals surface area contributed by atoms with Crippen molar-refractivity contribution in [1.29, 1.82) is 0 Å². The number of aliphatic hydroxyl groups is 1. The SMILES string of the molecule is OC(COc1ccc(F)cc1Cl)CN1CCN(c2cccc(C(F)(F)F)c2)CC1. The molecule has 2 aromatic rings. The molecule has 1 aliphatic heterocycles. The molecule has 9 heteroatoms. The van der Waals surface area contributed by atoms with Crippen LogP contribution in [0.1, 0.15) is 5.56 Å². The van der Waals surface area contributed by atoms with Crippen molar-refractivity contribution in [2.75, 3.05) is 44.2 Å². The van der Waals surface area contributed by atoms with Gasteiger partial charge < -0.3 is 14.7 Å². The highest BCUT2D eigenvalue weighted by molar-refractivity contribution is 6.32. The van der Waals surface area contributed by atoms with Crippen LogP contribution in [0.3, 0.4) is 0 Å². The monoisotopic (exact) mass is 432 g/mol. The Balaban J connectivity index is 1.47. The predicted molar refractivity (Wildman–Crippen MR) is 103 cm³/mol.